The molecule has 0 spiro atoms. The largest absolute Gasteiger partial charge is 0.354 e. The fraction of sp³-hybridized carbons (Fsp3) is 0.455. The second-order valence-corrected chi connectivity index (χ2v) is 8.24. The predicted octanol–water partition coefficient (Wildman–Crippen LogP) is 4.77. The van der Waals surface area contributed by atoms with Crippen LogP contribution in [0.4, 0.5) is 15.9 Å². The van der Waals surface area contributed by atoms with Crippen LogP contribution in [0.2, 0.25) is 5.02 Å². The van der Waals surface area contributed by atoms with Crippen LogP contribution in [0, 0.1) is 18.7 Å². The van der Waals surface area contributed by atoms with Gasteiger partial charge in [-0.1, -0.05) is 11.6 Å². The molecule has 28 heavy (non-hydrogen) atoms. The van der Waals surface area contributed by atoms with Crippen LogP contribution in [-0.2, 0) is 11.2 Å². The summed E-state index contributed by atoms with van der Waals surface area (Å²) in [5, 5.41) is 0.717. The summed E-state index contributed by atoms with van der Waals surface area (Å²) in [5.74, 6) is 0.253. The van der Waals surface area contributed by atoms with Crippen LogP contribution in [0.3, 0.4) is 0 Å². The van der Waals surface area contributed by atoms with E-state index >= 15 is 0 Å². The number of pyridine rings is 1. The van der Waals surface area contributed by atoms with Crippen molar-refractivity contribution in [3.05, 3.63) is 52.4 Å². The molecule has 1 fully saturated rings. The van der Waals surface area contributed by atoms with Gasteiger partial charge in [0.25, 0.3) is 0 Å². The minimum atomic E-state index is -0.289. The van der Waals surface area contributed by atoms with Gasteiger partial charge in [0.2, 0.25) is 5.91 Å². The Balaban J connectivity index is 1.47. The number of benzene rings is 1. The van der Waals surface area contributed by atoms with E-state index in [-0.39, 0.29) is 17.6 Å². The van der Waals surface area contributed by atoms with E-state index in [1.807, 2.05) is 34.9 Å². The standard InChI is InChI=1S/C22H25ClFN3O/c1-15-12-19(24)21(25-14-15)26-10-7-16(8-11-26)22(28)27-9-3-2-4-17-13-18(23)5-6-20(17)27/h5-6,12-14,16H,2-4,7-11H2,1H3. The first-order chi connectivity index (χ1) is 13.5. The van der Waals surface area contributed by atoms with Crippen molar-refractivity contribution in [2.75, 3.05) is 29.4 Å². The van der Waals surface area contributed by atoms with E-state index in [2.05, 4.69) is 4.98 Å². The summed E-state index contributed by atoms with van der Waals surface area (Å²) >= 11 is 6.16. The summed E-state index contributed by atoms with van der Waals surface area (Å²) in [4.78, 5) is 21.4. The monoisotopic (exact) mass is 401 g/mol. The van der Waals surface area contributed by atoms with Crippen LogP contribution < -0.4 is 9.80 Å². The quantitative estimate of drug-likeness (QED) is 0.727. The maximum atomic E-state index is 14.2. The Bertz CT molecular complexity index is 880. The molecule has 0 aliphatic carbocycles. The molecule has 4 rings (SSSR count). The van der Waals surface area contributed by atoms with Crippen LogP contribution in [0.1, 0.15) is 36.8 Å². The highest BCUT2D eigenvalue weighted by molar-refractivity contribution is 6.30. The van der Waals surface area contributed by atoms with Gasteiger partial charge in [-0.05, 0) is 74.4 Å². The molecule has 2 aliphatic rings. The summed E-state index contributed by atoms with van der Waals surface area (Å²) < 4.78 is 14.2. The van der Waals surface area contributed by atoms with Crippen molar-refractivity contribution >= 4 is 29.0 Å². The number of amides is 1. The van der Waals surface area contributed by atoms with E-state index in [1.54, 1.807) is 6.20 Å². The van der Waals surface area contributed by atoms with Crippen molar-refractivity contribution in [1.29, 1.82) is 0 Å². The molecule has 0 N–H and O–H groups in total. The number of anilines is 2. The third kappa shape index (κ3) is 3.86. The van der Waals surface area contributed by atoms with Crippen molar-refractivity contribution in [3.63, 3.8) is 0 Å². The summed E-state index contributed by atoms with van der Waals surface area (Å²) in [7, 11) is 0. The molecule has 0 bridgehead atoms. The number of halogens is 2. The Morgan fingerprint density at radius 3 is 2.71 bits per heavy atom. The lowest BCUT2D eigenvalue weighted by molar-refractivity contribution is -0.123. The fourth-order valence-electron chi connectivity index (χ4n) is 4.27. The Morgan fingerprint density at radius 2 is 1.96 bits per heavy atom. The van der Waals surface area contributed by atoms with E-state index in [4.69, 9.17) is 11.6 Å². The van der Waals surface area contributed by atoms with Crippen LogP contribution in [0.25, 0.3) is 0 Å². The van der Waals surface area contributed by atoms with Crippen molar-refractivity contribution in [2.45, 2.75) is 39.0 Å². The van der Waals surface area contributed by atoms with E-state index in [1.165, 1.54) is 6.07 Å². The first kappa shape index (κ1) is 19.2. The van der Waals surface area contributed by atoms with Gasteiger partial charge in [-0.2, -0.15) is 0 Å². The van der Waals surface area contributed by atoms with Gasteiger partial charge in [-0.15, -0.1) is 0 Å². The highest BCUT2D eigenvalue weighted by atomic mass is 35.5. The number of carbonyl (C=O) groups excluding carboxylic acids is 1. The summed E-state index contributed by atoms with van der Waals surface area (Å²) in [6.07, 6.45) is 6.13. The normalized spacial score (nSPS) is 18.0. The Kier molecular flexibility index (Phi) is 5.54. The molecule has 0 radical (unpaired) electrons. The maximum absolute atomic E-state index is 14.2. The third-order valence-corrected chi connectivity index (χ3v) is 6.01. The number of carbonyl (C=O) groups is 1. The number of hydrogen-bond donors (Lipinski definition) is 0. The van der Waals surface area contributed by atoms with Crippen molar-refractivity contribution in [1.82, 2.24) is 4.98 Å². The zero-order valence-electron chi connectivity index (χ0n) is 16.1. The lowest BCUT2D eigenvalue weighted by Crippen LogP contribution is -2.43. The van der Waals surface area contributed by atoms with Gasteiger partial charge in [-0.25, -0.2) is 9.37 Å². The number of aryl methyl sites for hydroxylation is 2. The third-order valence-electron chi connectivity index (χ3n) is 5.78. The molecule has 0 atom stereocenters. The Labute approximate surface area is 170 Å². The molecule has 1 aromatic heterocycles. The molecule has 4 nitrogen and oxygen atoms in total. The van der Waals surface area contributed by atoms with Crippen molar-refractivity contribution in [2.24, 2.45) is 5.92 Å². The van der Waals surface area contributed by atoms with Gasteiger partial charge in [-0.3, -0.25) is 4.79 Å². The van der Waals surface area contributed by atoms with Gasteiger partial charge in [0.15, 0.2) is 11.6 Å². The van der Waals surface area contributed by atoms with E-state index in [0.29, 0.717) is 36.8 Å². The SMILES string of the molecule is Cc1cnc(N2CCC(C(=O)N3CCCCc4cc(Cl)ccc43)CC2)c(F)c1. The van der Waals surface area contributed by atoms with Gasteiger partial charge in [0.1, 0.15) is 0 Å². The molecule has 1 aromatic carbocycles. The molecule has 2 aliphatic heterocycles. The predicted molar refractivity (Wildman–Crippen MR) is 111 cm³/mol. The first-order valence-corrected chi connectivity index (χ1v) is 10.4. The smallest absolute Gasteiger partial charge is 0.230 e. The van der Waals surface area contributed by atoms with E-state index in [0.717, 1.165) is 42.6 Å². The summed E-state index contributed by atoms with van der Waals surface area (Å²) in [6.45, 7) is 3.87. The second-order valence-electron chi connectivity index (χ2n) is 7.80. The number of rotatable bonds is 2. The lowest BCUT2D eigenvalue weighted by atomic mass is 9.94. The molecule has 1 saturated heterocycles. The number of piperidine rings is 1. The van der Waals surface area contributed by atoms with Crippen molar-refractivity contribution < 1.29 is 9.18 Å². The van der Waals surface area contributed by atoms with Crippen molar-refractivity contribution in [3.8, 4) is 0 Å². The van der Waals surface area contributed by atoms with E-state index in [9.17, 15) is 9.18 Å². The molecule has 1 amide bonds. The molecule has 0 saturated carbocycles. The molecule has 3 heterocycles. The second kappa shape index (κ2) is 8.08. The van der Waals surface area contributed by atoms with Crippen LogP contribution in [0.5, 0.6) is 0 Å². The van der Waals surface area contributed by atoms with Gasteiger partial charge < -0.3 is 9.80 Å². The minimum absolute atomic E-state index is 0.0358. The average Bonchev–Trinajstić information content (AvgIpc) is 2.89. The van der Waals surface area contributed by atoms with Crippen LogP contribution in [-0.4, -0.2) is 30.5 Å². The summed E-state index contributed by atoms with van der Waals surface area (Å²) in [6, 6.07) is 7.33. The van der Waals surface area contributed by atoms with E-state index < -0.39 is 0 Å². The zero-order chi connectivity index (χ0) is 19.7. The minimum Gasteiger partial charge on any atom is -0.354 e. The average molecular weight is 402 g/mol. The molecule has 6 heteroatoms. The zero-order valence-corrected chi connectivity index (χ0v) is 16.9. The fourth-order valence-corrected chi connectivity index (χ4v) is 4.46. The first-order valence-electron chi connectivity index (χ1n) is 10.00. The Hall–Kier alpha value is -2.14. The lowest BCUT2D eigenvalue weighted by Gasteiger charge is -2.35. The molecular weight excluding hydrogens is 377 g/mol. The highest BCUT2D eigenvalue weighted by Crippen LogP contribution is 2.32. The van der Waals surface area contributed by atoms with Gasteiger partial charge >= 0.3 is 0 Å². The topological polar surface area (TPSA) is 36.4 Å². The van der Waals surface area contributed by atoms with Crippen LogP contribution in [0.15, 0.2) is 30.5 Å². The van der Waals surface area contributed by atoms with Crippen LogP contribution >= 0.6 is 11.6 Å². The number of aromatic nitrogens is 1. The number of fused-ring (bicyclic) bond motifs is 1. The number of hydrogen-bond acceptors (Lipinski definition) is 3. The molecule has 2 aromatic rings. The highest BCUT2D eigenvalue weighted by Gasteiger charge is 2.31. The molecular formula is C22H25ClFN3O. The van der Waals surface area contributed by atoms with Gasteiger partial charge in [0.05, 0.1) is 0 Å². The summed E-state index contributed by atoms with van der Waals surface area (Å²) in [5.41, 5.74) is 2.97. The Morgan fingerprint density at radius 1 is 1.18 bits per heavy atom. The number of nitrogens with zero attached hydrogens (tertiary/aromatic N) is 3. The van der Waals surface area contributed by atoms with Gasteiger partial charge in [0, 0.05) is 42.5 Å². The molecule has 0 unspecified atom stereocenters. The molecule has 148 valence electrons. The maximum Gasteiger partial charge on any atom is 0.230 e.